The van der Waals surface area contributed by atoms with Crippen molar-refractivity contribution < 1.29 is 10.2 Å². The number of aliphatic hydroxyl groups excluding tert-OH is 2. The van der Waals surface area contributed by atoms with Crippen LogP contribution in [0.15, 0.2) is 0 Å². The first kappa shape index (κ1) is 17.1. The van der Waals surface area contributed by atoms with E-state index in [1.54, 1.807) is 6.92 Å². The maximum atomic E-state index is 8.14. The van der Waals surface area contributed by atoms with E-state index in [9.17, 15) is 0 Å². The minimum atomic E-state index is 0.306. The van der Waals surface area contributed by atoms with E-state index in [1.807, 2.05) is 20.8 Å². The van der Waals surface area contributed by atoms with Crippen LogP contribution >= 0.6 is 0 Å². The van der Waals surface area contributed by atoms with E-state index in [-0.39, 0.29) is 0 Å². The quantitative estimate of drug-likeness (QED) is 0.652. The Bertz CT molecular complexity index is 34.5. The minimum Gasteiger partial charge on any atom is -0.396 e. The first-order chi connectivity index (χ1) is 5.18. The normalized spacial score (nSPS) is 7.64. The zero-order valence-electron chi connectivity index (χ0n) is 8.30. The third-order valence-corrected chi connectivity index (χ3v) is 0.589. The molecule has 0 aromatic rings. The summed E-state index contributed by atoms with van der Waals surface area (Å²) in [7, 11) is 0. The van der Waals surface area contributed by atoms with Crippen molar-refractivity contribution in [2.45, 2.75) is 34.1 Å². The zero-order valence-corrected chi connectivity index (χ0v) is 8.30. The molecule has 2 heteroatoms. The van der Waals surface area contributed by atoms with Crippen molar-refractivity contribution in [3.05, 3.63) is 6.92 Å². The second-order valence-corrected chi connectivity index (χ2v) is 2.30. The van der Waals surface area contributed by atoms with Crippen molar-refractivity contribution in [2.24, 2.45) is 5.92 Å². The summed E-state index contributed by atoms with van der Waals surface area (Å²) in [6, 6.07) is 0. The molecule has 0 aliphatic carbocycles. The lowest BCUT2D eigenvalue weighted by atomic mass is 10.2. The molecule has 0 bridgehead atoms. The first-order valence-corrected chi connectivity index (χ1v) is 4.11. The second-order valence-electron chi connectivity index (χ2n) is 2.30. The molecule has 2 N–H and O–H groups in total. The zero-order chi connectivity index (χ0) is 9.70. The van der Waals surface area contributed by atoms with Gasteiger partial charge in [-0.25, -0.2) is 0 Å². The summed E-state index contributed by atoms with van der Waals surface area (Å²) in [5.74, 6) is 0.440. The SMILES string of the molecule is CC(C)CO.CCCO.[CH2]C. The van der Waals surface area contributed by atoms with Gasteiger partial charge in [0.05, 0.1) is 0 Å². The van der Waals surface area contributed by atoms with Gasteiger partial charge in [-0.05, 0) is 12.3 Å². The van der Waals surface area contributed by atoms with Gasteiger partial charge in [-0.1, -0.05) is 34.6 Å². The topological polar surface area (TPSA) is 40.5 Å². The Kier molecular flexibility index (Phi) is 35.1. The summed E-state index contributed by atoms with van der Waals surface area (Å²) >= 11 is 0. The molecule has 0 aromatic carbocycles. The van der Waals surface area contributed by atoms with Gasteiger partial charge in [0.25, 0.3) is 0 Å². The van der Waals surface area contributed by atoms with Crippen LogP contribution in [0.3, 0.4) is 0 Å². The van der Waals surface area contributed by atoms with Crippen LogP contribution in [0, 0.1) is 12.8 Å². The van der Waals surface area contributed by atoms with Gasteiger partial charge in [0, 0.05) is 13.2 Å². The molecule has 0 atom stereocenters. The lowest BCUT2D eigenvalue weighted by Crippen LogP contribution is -1.90. The van der Waals surface area contributed by atoms with Crippen molar-refractivity contribution in [2.75, 3.05) is 13.2 Å². The largest absolute Gasteiger partial charge is 0.396 e. The van der Waals surface area contributed by atoms with Crippen LogP contribution in [0.25, 0.3) is 0 Å². The van der Waals surface area contributed by atoms with Gasteiger partial charge in [-0.2, -0.15) is 0 Å². The smallest absolute Gasteiger partial charge is 0.0453 e. The molecule has 0 unspecified atom stereocenters. The van der Waals surface area contributed by atoms with Gasteiger partial charge >= 0.3 is 0 Å². The van der Waals surface area contributed by atoms with Gasteiger partial charge in [0.15, 0.2) is 0 Å². The van der Waals surface area contributed by atoms with Crippen LogP contribution in [0.1, 0.15) is 34.1 Å². The van der Waals surface area contributed by atoms with E-state index in [0.717, 1.165) is 6.42 Å². The molecule has 71 valence electrons. The fourth-order valence-electron chi connectivity index (χ4n) is 0. The summed E-state index contributed by atoms with van der Waals surface area (Å²) in [5, 5.41) is 16.0. The summed E-state index contributed by atoms with van der Waals surface area (Å²) in [6.07, 6.45) is 0.875. The lowest BCUT2D eigenvalue weighted by molar-refractivity contribution is 0.248. The molecule has 0 aromatic heterocycles. The maximum Gasteiger partial charge on any atom is 0.0453 e. The summed E-state index contributed by atoms with van der Waals surface area (Å²) in [5.41, 5.74) is 0. The van der Waals surface area contributed by atoms with E-state index in [1.165, 1.54) is 0 Å². The Morgan fingerprint density at radius 1 is 1.18 bits per heavy atom. The van der Waals surface area contributed by atoms with E-state index >= 15 is 0 Å². The number of rotatable bonds is 2. The third kappa shape index (κ3) is 73.0. The molecule has 2 nitrogen and oxygen atoms in total. The van der Waals surface area contributed by atoms with E-state index in [2.05, 4.69) is 6.92 Å². The van der Waals surface area contributed by atoms with Crippen LogP contribution in [0.2, 0.25) is 0 Å². The van der Waals surface area contributed by atoms with E-state index in [0.29, 0.717) is 19.1 Å². The van der Waals surface area contributed by atoms with Gasteiger partial charge in [-0.3, -0.25) is 0 Å². The van der Waals surface area contributed by atoms with Gasteiger partial charge in [0.1, 0.15) is 0 Å². The van der Waals surface area contributed by atoms with Gasteiger partial charge in [0.2, 0.25) is 0 Å². The fraction of sp³-hybridized carbons (Fsp3) is 0.889. The highest BCUT2D eigenvalue weighted by molar-refractivity contribution is 4.32. The second kappa shape index (κ2) is 22.5. The molecule has 0 rings (SSSR count). The molecule has 0 heterocycles. The van der Waals surface area contributed by atoms with Crippen molar-refractivity contribution in [1.29, 1.82) is 0 Å². The van der Waals surface area contributed by atoms with Crippen molar-refractivity contribution >= 4 is 0 Å². The summed E-state index contributed by atoms with van der Waals surface area (Å²) < 4.78 is 0. The molecule has 0 amide bonds. The fourth-order valence-corrected chi connectivity index (χ4v) is 0. The molecule has 0 fully saturated rings. The van der Waals surface area contributed by atoms with Crippen LogP contribution in [0.4, 0.5) is 0 Å². The monoisotopic (exact) mass is 163 g/mol. The van der Waals surface area contributed by atoms with E-state index < -0.39 is 0 Å². The maximum absolute atomic E-state index is 8.14. The molecule has 0 aliphatic rings. The Hall–Kier alpha value is -0.0800. The molecule has 0 spiro atoms. The molecule has 0 aliphatic heterocycles. The predicted molar refractivity (Wildman–Crippen MR) is 50.3 cm³/mol. The molecular weight excluding hydrogens is 140 g/mol. The van der Waals surface area contributed by atoms with Crippen molar-refractivity contribution in [3.8, 4) is 0 Å². The molecular formula is C9H23O2. The van der Waals surface area contributed by atoms with Crippen LogP contribution < -0.4 is 0 Å². The predicted octanol–water partition coefficient (Wildman–Crippen LogP) is 1.86. The van der Waals surface area contributed by atoms with Crippen LogP contribution in [-0.2, 0) is 0 Å². The average molecular weight is 163 g/mol. The Labute approximate surface area is 71.3 Å². The molecule has 0 saturated heterocycles. The van der Waals surface area contributed by atoms with E-state index in [4.69, 9.17) is 10.2 Å². The van der Waals surface area contributed by atoms with Crippen LogP contribution in [-0.4, -0.2) is 23.4 Å². The molecule has 0 saturated carbocycles. The van der Waals surface area contributed by atoms with Crippen molar-refractivity contribution in [1.82, 2.24) is 0 Å². The lowest BCUT2D eigenvalue weighted by Gasteiger charge is -1.90. The highest BCUT2D eigenvalue weighted by atomic mass is 16.3. The minimum absolute atomic E-state index is 0.306. The van der Waals surface area contributed by atoms with Crippen LogP contribution in [0.5, 0.6) is 0 Å². The van der Waals surface area contributed by atoms with Gasteiger partial charge in [-0.15, -0.1) is 0 Å². The summed E-state index contributed by atoms with van der Waals surface area (Å²) in [6.45, 7) is 11.5. The first-order valence-electron chi connectivity index (χ1n) is 4.11. The highest BCUT2D eigenvalue weighted by Gasteiger charge is 1.81. The molecule has 11 heavy (non-hydrogen) atoms. The highest BCUT2D eigenvalue weighted by Crippen LogP contribution is 1.83. The Morgan fingerprint density at radius 2 is 1.36 bits per heavy atom. The van der Waals surface area contributed by atoms with Crippen molar-refractivity contribution in [3.63, 3.8) is 0 Å². The Morgan fingerprint density at radius 3 is 1.36 bits per heavy atom. The average Bonchev–Trinajstić information content (AvgIpc) is 2.08. The number of hydrogen-bond donors (Lipinski definition) is 2. The third-order valence-electron chi connectivity index (χ3n) is 0.589. The number of aliphatic hydroxyl groups is 2. The Balaban J connectivity index is -0.0000000965. The van der Waals surface area contributed by atoms with Gasteiger partial charge < -0.3 is 10.2 Å². The number of hydrogen-bond acceptors (Lipinski definition) is 2. The summed E-state index contributed by atoms with van der Waals surface area (Å²) in [4.78, 5) is 0. The standard InChI is InChI=1S/C4H10O.C3H8O.C2H5/c1-4(2)3-5;1-2-3-4;1-2/h4-5H,3H2,1-2H3;4H,2-3H2,1H3;1H2,2H3. The molecule has 1 radical (unpaired) electrons.